The molecule has 0 saturated carbocycles. The molecule has 2 heterocycles. The molecule has 0 radical (unpaired) electrons. The maximum Gasteiger partial charge on any atom is 0.433 e. The second kappa shape index (κ2) is 8.95. The number of rotatable bonds is 5. The topological polar surface area (TPSA) is 71.5 Å². The molecule has 3 rings (SSSR count). The number of pyridine rings is 1. The van der Waals surface area contributed by atoms with Crippen LogP contribution in [0.3, 0.4) is 0 Å². The quantitative estimate of drug-likeness (QED) is 0.559. The summed E-state index contributed by atoms with van der Waals surface area (Å²) in [6.45, 7) is 5.37. The highest BCUT2D eigenvalue weighted by Crippen LogP contribution is 2.36. The first-order valence-corrected chi connectivity index (χ1v) is 10.4. The predicted octanol–water partition coefficient (Wildman–Crippen LogP) is 5.51. The van der Waals surface area contributed by atoms with E-state index in [9.17, 15) is 35.9 Å². The van der Waals surface area contributed by atoms with E-state index in [0.717, 1.165) is 6.07 Å². The van der Waals surface area contributed by atoms with Gasteiger partial charge in [-0.1, -0.05) is 0 Å². The van der Waals surface area contributed by atoms with E-state index in [-0.39, 0.29) is 34.7 Å². The number of nitrogens with one attached hydrogen (secondary N) is 1. The van der Waals surface area contributed by atoms with Crippen LogP contribution in [0, 0.1) is 5.92 Å². The van der Waals surface area contributed by atoms with Crippen molar-refractivity contribution in [1.29, 1.82) is 0 Å². The number of alkyl halides is 6. The van der Waals surface area contributed by atoms with Crippen molar-refractivity contribution in [2.24, 2.45) is 5.92 Å². The monoisotopic (exact) mass is 491 g/mol. The summed E-state index contributed by atoms with van der Waals surface area (Å²) in [7, 11) is 0. The van der Waals surface area contributed by atoms with Crippen molar-refractivity contribution in [3.63, 3.8) is 0 Å². The molecule has 0 atom stereocenters. The third-order valence-corrected chi connectivity index (χ3v) is 5.03. The molecule has 0 unspecified atom stereocenters. The molecule has 0 aliphatic carbocycles. The van der Waals surface area contributed by atoms with E-state index in [2.05, 4.69) is 10.3 Å². The zero-order valence-electron chi connectivity index (χ0n) is 18.6. The van der Waals surface area contributed by atoms with Gasteiger partial charge in [-0.3, -0.25) is 4.79 Å². The van der Waals surface area contributed by atoms with Crippen LogP contribution in [0.4, 0.5) is 36.8 Å². The number of nitrogens with zero attached hydrogens (tertiary/aromatic N) is 2. The average Bonchev–Trinajstić information content (AvgIpc) is 2.64. The van der Waals surface area contributed by atoms with Gasteiger partial charge in [0, 0.05) is 36.5 Å². The van der Waals surface area contributed by atoms with Crippen molar-refractivity contribution in [1.82, 2.24) is 9.88 Å². The Bertz CT molecular complexity index is 1090. The van der Waals surface area contributed by atoms with Crippen molar-refractivity contribution < 1.29 is 40.7 Å². The minimum Gasteiger partial charge on any atom is -0.444 e. The summed E-state index contributed by atoms with van der Waals surface area (Å²) in [6, 6.07) is 2.79. The number of hydrogen-bond acceptors (Lipinski definition) is 5. The van der Waals surface area contributed by atoms with Crippen LogP contribution < -0.4 is 5.32 Å². The molecule has 12 heteroatoms. The van der Waals surface area contributed by atoms with Crippen molar-refractivity contribution in [3.05, 3.63) is 35.5 Å². The highest BCUT2D eigenvalue weighted by atomic mass is 19.4. The lowest BCUT2D eigenvalue weighted by molar-refractivity contribution is -0.141. The Morgan fingerprint density at radius 1 is 1.06 bits per heavy atom. The van der Waals surface area contributed by atoms with Gasteiger partial charge in [0.25, 0.3) is 0 Å². The molecular formula is C22H23F6N3O3. The summed E-state index contributed by atoms with van der Waals surface area (Å²) >= 11 is 0. The van der Waals surface area contributed by atoms with Crippen LogP contribution in [0.5, 0.6) is 0 Å². The number of carbonyl (C=O) groups excluding carboxylic acids is 2. The average molecular weight is 491 g/mol. The van der Waals surface area contributed by atoms with Crippen molar-refractivity contribution in [3.8, 4) is 0 Å². The SMILES string of the molecule is CC(C)(C)OC(=O)N1CC(CC(=O)CNc2cc(C(F)(F)F)nc3ccc(C(F)(F)F)cc23)C1. The molecular weight excluding hydrogens is 468 g/mol. The minimum absolute atomic E-state index is 0.0508. The number of Topliss-reactive ketones (excluding diaryl/α,β-unsaturated/α-hetero) is 1. The Morgan fingerprint density at radius 3 is 2.26 bits per heavy atom. The molecule has 6 nitrogen and oxygen atoms in total. The van der Waals surface area contributed by atoms with Gasteiger partial charge in [0.15, 0.2) is 5.78 Å². The summed E-state index contributed by atoms with van der Waals surface area (Å²) in [5, 5.41) is 2.35. The van der Waals surface area contributed by atoms with Crippen molar-refractivity contribution >= 4 is 28.5 Å². The molecule has 0 spiro atoms. The predicted molar refractivity (Wildman–Crippen MR) is 111 cm³/mol. The van der Waals surface area contributed by atoms with Crippen LogP contribution in [-0.2, 0) is 21.9 Å². The number of ketones is 1. The van der Waals surface area contributed by atoms with Crippen LogP contribution >= 0.6 is 0 Å². The van der Waals surface area contributed by atoms with Gasteiger partial charge in [-0.05, 0) is 45.0 Å². The summed E-state index contributed by atoms with van der Waals surface area (Å²) in [4.78, 5) is 29.1. The van der Waals surface area contributed by atoms with E-state index < -0.39 is 41.8 Å². The molecule has 2 aromatic rings. The van der Waals surface area contributed by atoms with Gasteiger partial charge >= 0.3 is 18.4 Å². The molecule has 1 aromatic carbocycles. The second-order valence-electron chi connectivity index (χ2n) is 9.13. The molecule has 1 fully saturated rings. The maximum atomic E-state index is 13.2. The Balaban J connectivity index is 1.69. The van der Waals surface area contributed by atoms with Gasteiger partial charge in [0.2, 0.25) is 0 Å². The van der Waals surface area contributed by atoms with Crippen molar-refractivity contribution in [2.75, 3.05) is 25.0 Å². The number of aromatic nitrogens is 1. The zero-order chi connectivity index (χ0) is 25.5. The Kier molecular flexibility index (Phi) is 6.73. The summed E-state index contributed by atoms with van der Waals surface area (Å²) in [6.07, 6.45) is -9.98. The number of hydrogen-bond donors (Lipinski definition) is 1. The zero-order valence-corrected chi connectivity index (χ0v) is 18.6. The van der Waals surface area contributed by atoms with Crippen molar-refractivity contribution in [2.45, 2.75) is 45.1 Å². The van der Waals surface area contributed by atoms with E-state index in [4.69, 9.17) is 4.74 Å². The third-order valence-electron chi connectivity index (χ3n) is 5.03. The smallest absolute Gasteiger partial charge is 0.433 e. The van der Waals surface area contributed by atoms with Gasteiger partial charge in [-0.2, -0.15) is 26.3 Å². The fourth-order valence-corrected chi connectivity index (χ4v) is 3.46. The normalized spacial score (nSPS) is 15.3. The number of carbonyl (C=O) groups is 2. The number of ether oxygens (including phenoxy) is 1. The number of likely N-dealkylation sites (tertiary alicyclic amines) is 1. The number of benzene rings is 1. The summed E-state index contributed by atoms with van der Waals surface area (Å²) < 4.78 is 84.1. The molecule has 34 heavy (non-hydrogen) atoms. The number of halogens is 6. The fourth-order valence-electron chi connectivity index (χ4n) is 3.46. The Hall–Kier alpha value is -3.05. The Labute approximate surface area is 191 Å². The largest absolute Gasteiger partial charge is 0.444 e. The van der Waals surface area contributed by atoms with Crippen LogP contribution in [0.2, 0.25) is 0 Å². The number of anilines is 1. The first-order chi connectivity index (χ1) is 15.5. The van der Waals surface area contributed by atoms with E-state index in [1.54, 1.807) is 20.8 Å². The lowest BCUT2D eigenvalue weighted by Gasteiger charge is -2.39. The fraction of sp³-hybridized carbons (Fsp3) is 0.500. The van der Waals surface area contributed by atoms with E-state index >= 15 is 0 Å². The molecule has 1 amide bonds. The van der Waals surface area contributed by atoms with E-state index in [0.29, 0.717) is 31.3 Å². The molecule has 186 valence electrons. The first-order valence-electron chi connectivity index (χ1n) is 10.4. The molecule has 0 bridgehead atoms. The van der Waals surface area contributed by atoms with Gasteiger partial charge in [0.05, 0.1) is 17.6 Å². The highest BCUT2D eigenvalue weighted by Gasteiger charge is 2.36. The van der Waals surface area contributed by atoms with Crippen LogP contribution in [0.25, 0.3) is 10.9 Å². The van der Waals surface area contributed by atoms with Gasteiger partial charge in [0.1, 0.15) is 11.3 Å². The van der Waals surface area contributed by atoms with Crippen LogP contribution in [0.1, 0.15) is 38.4 Å². The van der Waals surface area contributed by atoms with Gasteiger partial charge in [-0.15, -0.1) is 0 Å². The van der Waals surface area contributed by atoms with Gasteiger partial charge in [-0.25, -0.2) is 9.78 Å². The standard InChI is InChI=1S/C22H23F6N3O3/c1-20(2,3)34-19(33)31-10-12(11-31)6-14(32)9-29-17-8-18(22(26,27)28)30-16-5-4-13(7-15(16)17)21(23,24)25/h4-5,7-8,12H,6,9-11H2,1-3H3,(H,29,30). The summed E-state index contributed by atoms with van der Waals surface area (Å²) in [5.41, 5.74) is -3.56. The number of fused-ring (bicyclic) bond motifs is 1. The first kappa shape index (κ1) is 25.6. The lowest BCUT2D eigenvalue weighted by Crippen LogP contribution is -2.52. The minimum atomic E-state index is -4.83. The summed E-state index contributed by atoms with van der Waals surface area (Å²) in [5.74, 6) is -0.502. The molecule has 1 N–H and O–H groups in total. The highest BCUT2D eigenvalue weighted by molar-refractivity contribution is 5.94. The van der Waals surface area contributed by atoms with Crippen LogP contribution in [0.15, 0.2) is 24.3 Å². The van der Waals surface area contributed by atoms with E-state index in [1.165, 1.54) is 4.90 Å². The number of amides is 1. The second-order valence-corrected chi connectivity index (χ2v) is 9.13. The maximum absolute atomic E-state index is 13.2. The van der Waals surface area contributed by atoms with Gasteiger partial charge < -0.3 is 15.0 Å². The molecule has 1 aliphatic rings. The van der Waals surface area contributed by atoms with E-state index in [1.807, 2.05) is 0 Å². The third kappa shape index (κ3) is 6.29. The Morgan fingerprint density at radius 2 is 1.71 bits per heavy atom. The molecule has 1 aliphatic heterocycles. The van der Waals surface area contributed by atoms with Crippen LogP contribution in [-0.4, -0.2) is 47.0 Å². The lowest BCUT2D eigenvalue weighted by atomic mass is 9.94. The molecule has 1 saturated heterocycles. The molecule has 1 aromatic heterocycles.